The molecule has 0 aromatic heterocycles. The summed E-state index contributed by atoms with van der Waals surface area (Å²) < 4.78 is 0. The van der Waals surface area contributed by atoms with Gasteiger partial charge in [-0.15, -0.1) is 0 Å². The van der Waals surface area contributed by atoms with Crippen LogP contribution in [0, 0.1) is 17.8 Å². The van der Waals surface area contributed by atoms with Gasteiger partial charge in [0, 0.05) is 8.07 Å². The average molecular weight is 365 g/mol. The molecule has 0 aliphatic rings. The Balaban J connectivity index is 3.99. The lowest BCUT2D eigenvalue weighted by Gasteiger charge is -2.26. The van der Waals surface area contributed by atoms with Crippen LogP contribution >= 0.6 is 0 Å². The topological polar surface area (TPSA) is 0 Å². The lowest BCUT2D eigenvalue weighted by atomic mass is 9.91. The monoisotopic (exact) mass is 364 g/mol. The van der Waals surface area contributed by atoms with Crippen molar-refractivity contribution in [3.05, 3.63) is 24.3 Å². The molecular formula is C24H48Si. The molecule has 0 N–H and O–H groups in total. The minimum Gasteiger partial charge on any atom is -0.0885 e. The highest BCUT2D eigenvalue weighted by molar-refractivity contribution is 6.76. The second kappa shape index (κ2) is 14.8. The van der Waals surface area contributed by atoms with Crippen molar-refractivity contribution in [2.45, 2.75) is 111 Å². The molecule has 0 nitrogen and oxygen atoms in total. The molecule has 2 unspecified atom stereocenters. The van der Waals surface area contributed by atoms with Crippen molar-refractivity contribution in [2.24, 2.45) is 17.8 Å². The maximum atomic E-state index is 2.50. The first kappa shape index (κ1) is 24.7. The Morgan fingerprint density at radius 3 is 2.04 bits per heavy atom. The second-order valence-corrected chi connectivity index (χ2v) is 15.2. The van der Waals surface area contributed by atoms with E-state index in [2.05, 4.69) is 71.6 Å². The molecule has 0 aliphatic heterocycles. The fourth-order valence-electron chi connectivity index (χ4n) is 3.65. The van der Waals surface area contributed by atoms with Gasteiger partial charge in [0.25, 0.3) is 0 Å². The van der Waals surface area contributed by atoms with Crippen LogP contribution < -0.4 is 0 Å². The first-order chi connectivity index (χ1) is 11.8. The third kappa shape index (κ3) is 16.9. The Labute approximate surface area is 161 Å². The summed E-state index contributed by atoms with van der Waals surface area (Å²) in [7, 11) is -0.964. The molecule has 1 heteroatoms. The minimum atomic E-state index is -0.964. The summed E-state index contributed by atoms with van der Waals surface area (Å²) in [5.74, 6) is 2.43. The normalized spacial score (nSPS) is 15.5. The van der Waals surface area contributed by atoms with Gasteiger partial charge in [-0.05, 0) is 43.4 Å². The highest BCUT2D eigenvalue weighted by atomic mass is 28.3. The van der Waals surface area contributed by atoms with Gasteiger partial charge in [0.15, 0.2) is 0 Å². The summed E-state index contributed by atoms with van der Waals surface area (Å²) in [6.07, 6.45) is 21.9. The van der Waals surface area contributed by atoms with Crippen molar-refractivity contribution in [2.75, 3.05) is 0 Å². The molecule has 0 spiro atoms. The third-order valence-electron chi connectivity index (χ3n) is 5.01. The van der Waals surface area contributed by atoms with E-state index in [4.69, 9.17) is 0 Å². The van der Waals surface area contributed by atoms with Crippen LogP contribution in [0.15, 0.2) is 24.3 Å². The predicted molar refractivity (Wildman–Crippen MR) is 121 cm³/mol. The fourth-order valence-corrected chi connectivity index (χ4v) is 5.88. The molecule has 0 rings (SSSR count). The highest BCUT2D eigenvalue weighted by Crippen LogP contribution is 2.27. The standard InChI is InChI=1S/C24H48Si/c1-8-9-19-24(23(4)21-25(5,6)7)20-17-15-13-11-10-12-14-16-18-22(2)3/h9,15,17,19,22-24H,8,10-14,16,18,20-21H2,1-7H3/b17-15+,19-9+. The average Bonchev–Trinajstić information content (AvgIpc) is 2.49. The fraction of sp³-hybridized carbons (Fsp3) is 0.833. The van der Waals surface area contributed by atoms with Gasteiger partial charge in [0.05, 0.1) is 0 Å². The molecule has 0 aliphatic carbocycles. The molecule has 0 bridgehead atoms. The van der Waals surface area contributed by atoms with E-state index in [1.165, 1.54) is 57.4 Å². The van der Waals surface area contributed by atoms with Crippen molar-refractivity contribution in [3.63, 3.8) is 0 Å². The summed E-state index contributed by atoms with van der Waals surface area (Å²) in [6.45, 7) is 16.9. The third-order valence-corrected chi connectivity index (χ3v) is 6.88. The predicted octanol–water partition coefficient (Wildman–Crippen LogP) is 8.88. The molecule has 0 radical (unpaired) electrons. The van der Waals surface area contributed by atoms with E-state index in [1.54, 1.807) is 0 Å². The van der Waals surface area contributed by atoms with Crippen LogP contribution in [-0.4, -0.2) is 8.07 Å². The Hall–Kier alpha value is -0.303. The van der Waals surface area contributed by atoms with Gasteiger partial charge in [-0.1, -0.05) is 110 Å². The van der Waals surface area contributed by atoms with E-state index in [9.17, 15) is 0 Å². The van der Waals surface area contributed by atoms with Gasteiger partial charge in [-0.2, -0.15) is 0 Å². The maximum absolute atomic E-state index is 2.50. The lowest BCUT2D eigenvalue weighted by Crippen LogP contribution is -2.25. The maximum Gasteiger partial charge on any atom is 0.0445 e. The van der Waals surface area contributed by atoms with E-state index < -0.39 is 8.07 Å². The van der Waals surface area contributed by atoms with Gasteiger partial charge in [-0.25, -0.2) is 0 Å². The number of allylic oxidation sites excluding steroid dienone is 4. The van der Waals surface area contributed by atoms with Crippen molar-refractivity contribution in [1.29, 1.82) is 0 Å². The van der Waals surface area contributed by atoms with Crippen LogP contribution in [0.2, 0.25) is 25.7 Å². The first-order valence-electron chi connectivity index (χ1n) is 11.1. The van der Waals surface area contributed by atoms with E-state index in [0.717, 1.165) is 24.2 Å². The Morgan fingerprint density at radius 2 is 1.44 bits per heavy atom. The summed E-state index contributed by atoms with van der Waals surface area (Å²) >= 11 is 0. The van der Waals surface area contributed by atoms with Crippen LogP contribution in [-0.2, 0) is 0 Å². The molecule has 0 saturated heterocycles. The summed E-state index contributed by atoms with van der Waals surface area (Å²) in [4.78, 5) is 0. The van der Waals surface area contributed by atoms with Crippen LogP contribution in [0.5, 0.6) is 0 Å². The number of hydrogen-bond donors (Lipinski definition) is 0. The zero-order valence-electron chi connectivity index (χ0n) is 18.6. The molecule has 0 fully saturated rings. The van der Waals surface area contributed by atoms with Crippen LogP contribution in [0.4, 0.5) is 0 Å². The van der Waals surface area contributed by atoms with Crippen LogP contribution in [0.25, 0.3) is 0 Å². The number of unbranched alkanes of at least 4 members (excludes halogenated alkanes) is 5. The summed E-state index contributed by atoms with van der Waals surface area (Å²) in [5, 5.41) is 0. The SMILES string of the molecule is CC/C=C/C(C/C=C/CCCCCCCC(C)C)C(C)C[Si](C)(C)C. The molecule has 0 saturated carbocycles. The van der Waals surface area contributed by atoms with Crippen molar-refractivity contribution < 1.29 is 0 Å². The van der Waals surface area contributed by atoms with Crippen molar-refractivity contribution >= 4 is 8.07 Å². The largest absolute Gasteiger partial charge is 0.0885 e. The molecule has 2 atom stereocenters. The minimum absolute atomic E-state index is 0.735. The molecule has 0 aromatic rings. The first-order valence-corrected chi connectivity index (χ1v) is 14.8. The quantitative estimate of drug-likeness (QED) is 0.154. The molecule has 0 heterocycles. The number of hydrogen-bond acceptors (Lipinski definition) is 0. The van der Waals surface area contributed by atoms with Crippen LogP contribution in [0.1, 0.15) is 85.5 Å². The van der Waals surface area contributed by atoms with E-state index in [-0.39, 0.29) is 0 Å². The Kier molecular flexibility index (Phi) is 14.6. The molecule has 0 amide bonds. The van der Waals surface area contributed by atoms with Crippen LogP contribution in [0.3, 0.4) is 0 Å². The molecule has 0 aromatic carbocycles. The summed E-state index contributed by atoms with van der Waals surface area (Å²) in [6, 6.07) is 1.44. The van der Waals surface area contributed by atoms with Gasteiger partial charge >= 0.3 is 0 Å². The lowest BCUT2D eigenvalue weighted by molar-refractivity contribution is 0.464. The highest BCUT2D eigenvalue weighted by Gasteiger charge is 2.21. The zero-order chi connectivity index (χ0) is 19.1. The Bertz CT molecular complexity index is 346. The van der Waals surface area contributed by atoms with Gasteiger partial charge in [0.1, 0.15) is 0 Å². The Morgan fingerprint density at radius 1 is 0.800 bits per heavy atom. The van der Waals surface area contributed by atoms with E-state index in [0.29, 0.717) is 0 Å². The zero-order valence-corrected chi connectivity index (χ0v) is 19.6. The van der Waals surface area contributed by atoms with Crippen molar-refractivity contribution in [3.8, 4) is 0 Å². The number of rotatable bonds is 15. The second-order valence-electron chi connectivity index (χ2n) is 9.69. The van der Waals surface area contributed by atoms with Gasteiger partial charge in [-0.3, -0.25) is 0 Å². The van der Waals surface area contributed by atoms with Crippen molar-refractivity contribution in [1.82, 2.24) is 0 Å². The van der Waals surface area contributed by atoms with Gasteiger partial charge < -0.3 is 0 Å². The summed E-state index contributed by atoms with van der Waals surface area (Å²) in [5.41, 5.74) is 0. The van der Waals surface area contributed by atoms with E-state index >= 15 is 0 Å². The van der Waals surface area contributed by atoms with Gasteiger partial charge in [0.2, 0.25) is 0 Å². The van der Waals surface area contributed by atoms with E-state index in [1.807, 2.05) is 0 Å². The molecule has 148 valence electrons. The molecular weight excluding hydrogens is 316 g/mol. The molecule has 25 heavy (non-hydrogen) atoms. The smallest absolute Gasteiger partial charge is 0.0445 e.